The summed E-state index contributed by atoms with van der Waals surface area (Å²) in [7, 11) is 0. The molecule has 35 heavy (non-hydrogen) atoms. The van der Waals surface area contributed by atoms with E-state index in [4.69, 9.17) is 16.3 Å². The van der Waals surface area contributed by atoms with Gasteiger partial charge >= 0.3 is 0 Å². The molecule has 0 fully saturated rings. The van der Waals surface area contributed by atoms with Gasteiger partial charge in [-0.1, -0.05) is 59.8 Å². The fourth-order valence-corrected chi connectivity index (χ4v) is 4.97. The fraction of sp³-hybridized carbons (Fsp3) is 0.231. The number of nitro groups is 1. The average molecular weight is 509 g/mol. The number of hydrogen-bond donors (Lipinski definition) is 0. The Morgan fingerprint density at radius 3 is 2.46 bits per heavy atom. The normalized spacial score (nSPS) is 11.9. The molecule has 9 heteroatoms. The van der Waals surface area contributed by atoms with Crippen LogP contribution in [0.3, 0.4) is 0 Å². The minimum atomic E-state index is -0.448. The van der Waals surface area contributed by atoms with Gasteiger partial charge in [0.15, 0.2) is 5.16 Å². The summed E-state index contributed by atoms with van der Waals surface area (Å²) in [6.07, 6.45) is 0. The van der Waals surface area contributed by atoms with Crippen molar-refractivity contribution in [1.29, 1.82) is 0 Å². The molecule has 7 nitrogen and oxygen atoms in total. The monoisotopic (exact) mass is 508 g/mol. The molecule has 0 amide bonds. The van der Waals surface area contributed by atoms with Crippen molar-refractivity contribution < 1.29 is 9.66 Å². The molecule has 0 saturated carbocycles. The van der Waals surface area contributed by atoms with Crippen molar-refractivity contribution in [1.82, 2.24) is 14.8 Å². The van der Waals surface area contributed by atoms with E-state index in [0.29, 0.717) is 22.5 Å². The molecule has 0 aliphatic heterocycles. The molecule has 0 unspecified atom stereocenters. The molecule has 1 aromatic heterocycles. The van der Waals surface area contributed by atoms with E-state index in [1.165, 1.54) is 17.3 Å². The van der Waals surface area contributed by atoms with Crippen LogP contribution in [0.5, 0.6) is 5.75 Å². The Kier molecular flexibility index (Phi) is 7.73. The van der Waals surface area contributed by atoms with Crippen LogP contribution >= 0.6 is 23.4 Å². The highest BCUT2D eigenvalue weighted by molar-refractivity contribution is 7.99. The van der Waals surface area contributed by atoms with Crippen LogP contribution in [0.25, 0.3) is 5.69 Å². The zero-order valence-electron chi connectivity index (χ0n) is 19.6. The summed E-state index contributed by atoms with van der Waals surface area (Å²) < 4.78 is 7.79. The molecule has 4 rings (SSSR count). The summed E-state index contributed by atoms with van der Waals surface area (Å²) in [5.74, 6) is 1.38. The Morgan fingerprint density at radius 2 is 1.77 bits per heavy atom. The van der Waals surface area contributed by atoms with E-state index in [1.54, 1.807) is 0 Å². The number of aryl methyl sites for hydroxylation is 3. The number of halogens is 1. The molecule has 1 heterocycles. The van der Waals surface area contributed by atoms with Crippen LogP contribution < -0.4 is 4.74 Å². The molecule has 0 aliphatic carbocycles. The van der Waals surface area contributed by atoms with Gasteiger partial charge in [0, 0.05) is 21.2 Å². The maximum atomic E-state index is 11.5. The zero-order chi connectivity index (χ0) is 24.9. The number of nitrogens with zero attached hydrogens (tertiary/aromatic N) is 4. The average Bonchev–Trinajstić information content (AvgIpc) is 3.20. The lowest BCUT2D eigenvalue weighted by Gasteiger charge is -2.15. The van der Waals surface area contributed by atoms with E-state index in [1.807, 2.05) is 66.1 Å². The van der Waals surface area contributed by atoms with Crippen LogP contribution in [0, 0.1) is 30.9 Å². The van der Waals surface area contributed by atoms with E-state index in [-0.39, 0.29) is 11.5 Å². The Labute approximate surface area is 213 Å². The second-order valence-electron chi connectivity index (χ2n) is 8.20. The summed E-state index contributed by atoms with van der Waals surface area (Å²) in [6, 6.07) is 21.0. The third-order valence-corrected chi connectivity index (χ3v) is 7.26. The van der Waals surface area contributed by atoms with E-state index >= 15 is 0 Å². The smallest absolute Gasteiger partial charge is 0.220 e. The third-order valence-electron chi connectivity index (χ3n) is 5.71. The van der Waals surface area contributed by atoms with Gasteiger partial charge < -0.3 is 4.74 Å². The van der Waals surface area contributed by atoms with Gasteiger partial charge in [-0.25, -0.2) is 0 Å². The Hall–Kier alpha value is -3.36. The van der Waals surface area contributed by atoms with Gasteiger partial charge in [-0.2, -0.15) is 0 Å². The standard InChI is InChI=1S/C26H25ClN4O3S/c1-17-8-11-22(14-18(17)2)31-19(3)28-29-26(31)35-25(15-30(32)33)20-9-12-23(13-10-20)34-16-21-6-4-5-7-24(21)27/h4-14,25H,15-16H2,1-3H3/t25-/m0/s1. The highest BCUT2D eigenvalue weighted by Crippen LogP contribution is 2.37. The first-order valence-electron chi connectivity index (χ1n) is 11.1. The SMILES string of the molecule is Cc1ccc(-n2c(C)nnc2S[C@@H](C[N+](=O)[O-])c2ccc(OCc3ccccc3Cl)cc2)cc1C. The van der Waals surface area contributed by atoms with Gasteiger partial charge in [-0.15, -0.1) is 10.2 Å². The molecule has 0 N–H and O–H groups in total. The lowest BCUT2D eigenvalue weighted by molar-refractivity contribution is -0.479. The highest BCUT2D eigenvalue weighted by Gasteiger charge is 2.24. The zero-order valence-corrected chi connectivity index (χ0v) is 21.2. The van der Waals surface area contributed by atoms with Gasteiger partial charge in [0.25, 0.3) is 0 Å². The van der Waals surface area contributed by atoms with Crippen molar-refractivity contribution in [3.8, 4) is 11.4 Å². The Bertz CT molecular complexity index is 1340. The minimum absolute atomic E-state index is 0.247. The van der Waals surface area contributed by atoms with Crippen LogP contribution in [-0.4, -0.2) is 26.2 Å². The Balaban J connectivity index is 1.55. The largest absolute Gasteiger partial charge is 0.489 e. The van der Waals surface area contributed by atoms with Crippen molar-refractivity contribution in [2.75, 3.05) is 6.54 Å². The van der Waals surface area contributed by atoms with Crippen LogP contribution in [0.4, 0.5) is 0 Å². The summed E-state index contributed by atoms with van der Waals surface area (Å²) >= 11 is 7.53. The lowest BCUT2D eigenvalue weighted by Crippen LogP contribution is -2.11. The molecule has 180 valence electrons. The number of thioether (sulfide) groups is 1. The van der Waals surface area contributed by atoms with E-state index in [0.717, 1.165) is 28.2 Å². The second kappa shape index (κ2) is 10.9. The third kappa shape index (κ3) is 6.01. The van der Waals surface area contributed by atoms with Crippen LogP contribution in [-0.2, 0) is 6.61 Å². The lowest BCUT2D eigenvalue weighted by atomic mass is 10.1. The first kappa shape index (κ1) is 24.8. The first-order valence-corrected chi connectivity index (χ1v) is 12.3. The number of hydrogen-bond acceptors (Lipinski definition) is 6. The molecule has 0 saturated heterocycles. The van der Waals surface area contributed by atoms with Crippen molar-refractivity contribution in [3.63, 3.8) is 0 Å². The van der Waals surface area contributed by atoms with Crippen molar-refractivity contribution >= 4 is 23.4 Å². The summed E-state index contributed by atoms with van der Waals surface area (Å²) in [5, 5.41) is 20.9. The first-order chi connectivity index (χ1) is 16.8. The summed E-state index contributed by atoms with van der Waals surface area (Å²) in [4.78, 5) is 11.2. The number of rotatable bonds is 9. The molecule has 1 atom stereocenters. The van der Waals surface area contributed by atoms with Crippen LogP contribution in [0.1, 0.15) is 33.3 Å². The molecule has 4 aromatic rings. The Morgan fingerprint density at radius 1 is 1.03 bits per heavy atom. The van der Waals surface area contributed by atoms with Crippen molar-refractivity contribution in [2.24, 2.45) is 0 Å². The van der Waals surface area contributed by atoms with Gasteiger partial charge in [0.2, 0.25) is 6.54 Å². The minimum Gasteiger partial charge on any atom is -0.489 e. The van der Waals surface area contributed by atoms with Gasteiger partial charge in [-0.3, -0.25) is 14.7 Å². The fourth-order valence-electron chi connectivity index (χ4n) is 3.61. The topological polar surface area (TPSA) is 83.1 Å². The predicted octanol–water partition coefficient (Wildman–Crippen LogP) is 6.54. The molecule has 0 radical (unpaired) electrons. The summed E-state index contributed by atoms with van der Waals surface area (Å²) in [5.41, 5.74) is 4.98. The van der Waals surface area contributed by atoms with E-state index < -0.39 is 5.25 Å². The van der Waals surface area contributed by atoms with E-state index in [9.17, 15) is 10.1 Å². The quantitative estimate of drug-likeness (QED) is 0.145. The number of ether oxygens (including phenoxy) is 1. The van der Waals surface area contributed by atoms with Gasteiger partial charge in [0.05, 0.1) is 0 Å². The van der Waals surface area contributed by atoms with Gasteiger partial charge in [0.1, 0.15) is 23.4 Å². The number of benzene rings is 3. The van der Waals surface area contributed by atoms with Crippen molar-refractivity contribution in [3.05, 3.63) is 110 Å². The number of aromatic nitrogens is 3. The molecule has 3 aromatic carbocycles. The molecule has 0 aliphatic rings. The molecule has 0 bridgehead atoms. The maximum absolute atomic E-state index is 11.5. The second-order valence-corrected chi connectivity index (χ2v) is 9.78. The molecule has 0 spiro atoms. The van der Waals surface area contributed by atoms with Crippen LogP contribution in [0.15, 0.2) is 71.9 Å². The van der Waals surface area contributed by atoms with E-state index in [2.05, 4.69) is 36.2 Å². The molecular formula is C26H25ClN4O3S. The van der Waals surface area contributed by atoms with Crippen molar-refractivity contribution in [2.45, 2.75) is 37.8 Å². The highest BCUT2D eigenvalue weighted by atomic mass is 35.5. The summed E-state index contributed by atoms with van der Waals surface area (Å²) in [6.45, 7) is 6.08. The predicted molar refractivity (Wildman–Crippen MR) is 138 cm³/mol. The van der Waals surface area contributed by atoms with Crippen LogP contribution in [0.2, 0.25) is 5.02 Å². The van der Waals surface area contributed by atoms with Gasteiger partial charge in [-0.05, 0) is 67.8 Å². The molecular weight excluding hydrogens is 484 g/mol. The maximum Gasteiger partial charge on any atom is 0.220 e.